The molecule has 0 spiro atoms. The Kier molecular flexibility index (Phi) is 7.65. The number of unbranched alkanes of at least 4 members (excludes halogenated alkanes) is 1. The fourth-order valence-corrected chi connectivity index (χ4v) is 3.92. The van der Waals surface area contributed by atoms with Gasteiger partial charge >= 0.3 is 0 Å². The lowest BCUT2D eigenvalue weighted by molar-refractivity contribution is -0.118. The molecule has 0 atom stereocenters. The first-order chi connectivity index (χ1) is 14.8. The van der Waals surface area contributed by atoms with E-state index in [1.165, 1.54) is 5.56 Å². The summed E-state index contributed by atoms with van der Waals surface area (Å²) in [7, 11) is 1.95. The van der Waals surface area contributed by atoms with Crippen molar-refractivity contribution in [2.75, 3.05) is 6.61 Å². The fraction of sp³-hybridized carbons (Fsp3) is 0.500. The summed E-state index contributed by atoms with van der Waals surface area (Å²) in [6.45, 7) is 9.00. The monoisotopic (exact) mass is 442 g/mol. The van der Waals surface area contributed by atoms with E-state index in [0.29, 0.717) is 42.8 Å². The lowest BCUT2D eigenvalue weighted by Crippen LogP contribution is -2.07. The van der Waals surface area contributed by atoms with Gasteiger partial charge in [0.1, 0.15) is 16.5 Å². The Morgan fingerprint density at radius 3 is 2.71 bits per heavy atom. The number of nitrogens with zero attached hydrogens (tertiary/aromatic N) is 4. The van der Waals surface area contributed by atoms with E-state index >= 15 is 0 Å². The second-order valence-electron chi connectivity index (χ2n) is 8.32. The zero-order chi connectivity index (χ0) is 22.5. The van der Waals surface area contributed by atoms with Crippen molar-refractivity contribution < 1.29 is 9.53 Å². The predicted molar refractivity (Wildman–Crippen MR) is 124 cm³/mol. The van der Waals surface area contributed by atoms with Crippen molar-refractivity contribution >= 4 is 28.4 Å². The molecule has 3 aromatic rings. The summed E-state index contributed by atoms with van der Waals surface area (Å²) in [5, 5.41) is 4.87. The van der Waals surface area contributed by atoms with E-state index in [1.54, 1.807) is 12.1 Å². The molecule has 3 rings (SSSR count). The molecule has 0 saturated heterocycles. The van der Waals surface area contributed by atoms with Gasteiger partial charge in [-0.3, -0.25) is 9.48 Å². The van der Waals surface area contributed by atoms with Gasteiger partial charge in [-0.1, -0.05) is 38.8 Å². The van der Waals surface area contributed by atoms with Gasteiger partial charge in [0.15, 0.2) is 0 Å². The summed E-state index contributed by atoms with van der Waals surface area (Å²) >= 11 is 6.12. The second kappa shape index (κ2) is 10.2. The largest absolute Gasteiger partial charge is 0.478 e. The van der Waals surface area contributed by atoms with Crippen LogP contribution in [0.5, 0.6) is 5.88 Å². The second-order valence-corrected chi connectivity index (χ2v) is 8.70. The first-order valence-corrected chi connectivity index (χ1v) is 11.3. The molecule has 3 aromatic heterocycles. The Hall–Kier alpha value is -2.47. The highest BCUT2D eigenvalue weighted by Gasteiger charge is 2.16. The lowest BCUT2D eigenvalue weighted by Gasteiger charge is -2.11. The maximum absolute atomic E-state index is 12.7. The van der Waals surface area contributed by atoms with Gasteiger partial charge in [0.05, 0.1) is 17.8 Å². The average molecular weight is 443 g/mol. The Morgan fingerprint density at radius 2 is 2.00 bits per heavy atom. The van der Waals surface area contributed by atoms with Gasteiger partial charge in [-0.15, -0.1) is 0 Å². The number of rotatable bonds is 10. The minimum absolute atomic E-state index is 0.137. The highest BCUT2D eigenvalue weighted by Crippen LogP contribution is 2.27. The van der Waals surface area contributed by atoms with Gasteiger partial charge in [-0.2, -0.15) is 5.10 Å². The molecular formula is C24H31ClN4O2. The Bertz CT molecular complexity index is 1080. The zero-order valence-electron chi connectivity index (χ0n) is 19.0. The highest BCUT2D eigenvalue weighted by atomic mass is 35.5. The van der Waals surface area contributed by atoms with Crippen LogP contribution in [0.15, 0.2) is 18.2 Å². The topological polar surface area (TPSA) is 69.9 Å². The molecule has 0 unspecified atom stereocenters. The number of hydrogen-bond donors (Lipinski definition) is 0. The van der Waals surface area contributed by atoms with Crippen LogP contribution < -0.4 is 4.74 Å². The van der Waals surface area contributed by atoms with Crippen LogP contribution in [0.3, 0.4) is 0 Å². The number of carbonyl (C=O) groups is 1. The van der Waals surface area contributed by atoms with E-state index in [9.17, 15) is 4.79 Å². The Balaban J connectivity index is 1.70. The molecule has 0 fully saturated rings. The van der Waals surface area contributed by atoms with Crippen molar-refractivity contribution in [3.8, 4) is 5.88 Å². The predicted octanol–water partition coefficient (Wildman–Crippen LogP) is 5.37. The minimum atomic E-state index is 0.137. The van der Waals surface area contributed by atoms with Crippen molar-refractivity contribution in [3.63, 3.8) is 0 Å². The van der Waals surface area contributed by atoms with Crippen molar-refractivity contribution in [2.45, 2.75) is 65.7 Å². The SMILES string of the molecule is CCCCOc1cc(CC(=O)CCc2cc(C(C)C)c3c(n2)c(C)nn3C)cc(Cl)n1. The van der Waals surface area contributed by atoms with Crippen LogP contribution in [0.2, 0.25) is 5.15 Å². The number of ether oxygens (including phenoxy) is 1. The molecule has 7 heteroatoms. The van der Waals surface area contributed by atoms with E-state index in [0.717, 1.165) is 40.8 Å². The van der Waals surface area contributed by atoms with Crippen molar-refractivity contribution in [3.05, 3.63) is 45.9 Å². The number of halogens is 1. The van der Waals surface area contributed by atoms with Gasteiger partial charge in [0.2, 0.25) is 5.88 Å². The number of pyridine rings is 2. The number of fused-ring (bicyclic) bond motifs is 1. The molecular weight excluding hydrogens is 412 g/mol. The van der Waals surface area contributed by atoms with E-state index < -0.39 is 0 Å². The number of aryl methyl sites for hydroxylation is 3. The minimum Gasteiger partial charge on any atom is -0.478 e. The maximum atomic E-state index is 12.7. The summed E-state index contributed by atoms with van der Waals surface area (Å²) in [5.74, 6) is 0.960. The number of carbonyl (C=O) groups excluding carboxylic acids is 1. The molecule has 0 aliphatic heterocycles. The molecule has 0 radical (unpaired) electrons. The molecule has 0 N–H and O–H groups in total. The number of hydrogen-bond acceptors (Lipinski definition) is 5. The van der Waals surface area contributed by atoms with Gasteiger partial charge in [0, 0.05) is 31.6 Å². The normalized spacial score (nSPS) is 11.5. The molecule has 31 heavy (non-hydrogen) atoms. The van der Waals surface area contributed by atoms with E-state index in [-0.39, 0.29) is 5.78 Å². The third-order valence-electron chi connectivity index (χ3n) is 5.30. The van der Waals surface area contributed by atoms with Gasteiger partial charge < -0.3 is 4.74 Å². The molecule has 0 amide bonds. The Labute approximate surface area is 189 Å². The summed E-state index contributed by atoms with van der Waals surface area (Å²) in [6.07, 6.45) is 3.32. The van der Waals surface area contributed by atoms with Gasteiger partial charge in [-0.25, -0.2) is 9.97 Å². The van der Waals surface area contributed by atoms with Crippen LogP contribution in [-0.2, 0) is 24.7 Å². The summed E-state index contributed by atoms with van der Waals surface area (Å²) in [5.41, 5.74) is 5.87. The Morgan fingerprint density at radius 1 is 1.23 bits per heavy atom. The fourth-order valence-electron chi connectivity index (χ4n) is 3.70. The van der Waals surface area contributed by atoms with Crippen molar-refractivity contribution in [1.82, 2.24) is 19.7 Å². The molecule has 3 heterocycles. The molecule has 0 aliphatic carbocycles. The van der Waals surface area contributed by atoms with Crippen molar-refractivity contribution in [2.24, 2.45) is 7.05 Å². The first-order valence-electron chi connectivity index (χ1n) is 10.9. The molecule has 0 saturated carbocycles. The van der Waals surface area contributed by atoms with Crippen LogP contribution in [0.4, 0.5) is 0 Å². The third-order valence-corrected chi connectivity index (χ3v) is 5.50. The van der Waals surface area contributed by atoms with Crippen molar-refractivity contribution in [1.29, 1.82) is 0 Å². The zero-order valence-corrected chi connectivity index (χ0v) is 19.8. The van der Waals surface area contributed by atoms with E-state index in [4.69, 9.17) is 21.3 Å². The van der Waals surface area contributed by atoms with Crippen LogP contribution in [0, 0.1) is 6.92 Å². The lowest BCUT2D eigenvalue weighted by atomic mass is 9.99. The third kappa shape index (κ3) is 5.82. The molecule has 0 aromatic carbocycles. The van der Waals surface area contributed by atoms with E-state index in [2.05, 4.69) is 36.9 Å². The van der Waals surface area contributed by atoms with Gasteiger partial charge in [0.25, 0.3) is 0 Å². The van der Waals surface area contributed by atoms with Crippen LogP contribution in [-0.4, -0.2) is 32.1 Å². The summed E-state index contributed by atoms with van der Waals surface area (Å²) in [4.78, 5) is 21.7. The van der Waals surface area contributed by atoms with E-state index in [1.807, 2.05) is 18.7 Å². The summed E-state index contributed by atoms with van der Waals surface area (Å²) < 4.78 is 7.54. The highest BCUT2D eigenvalue weighted by molar-refractivity contribution is 6.29. The molecule has 6 nitrogen and oxygen atoms in total. The summed E-state index contributed by atoms with van der Waals surface area (Å²) in [6, 6.07) is 5.65. The maximum Gasteiger partial charge on any atom is 0.214 e. The quantitative estimate of drug-likeness (QED) is 0.311. The van der Waals surface area contributed by atoms with Crippen LogP contribution in [0.25, 0.3) is 11.0 Å². The number of aromatic nitrogens is 4. The van der Waals surface area contributed by atoms with Gasteiger partial charge in [-0.05, 0) is 48.9 Å². The molecule has 166 valence electrons. The number of ketones is 1. The van der Waals surface area contributed by atoms with Crippen LogP contribution >= 0.6 is 11.6 Å². The smallest absolute Gasteiger partial charge is 0.214 e. The van der Waals surface area contributed by atoms with Crippen LogP contribution in [0.1, 0.15) is 68.5 Å². The average Bonchev–Trinajstić information content (AvgIpc) is 2.99. The first kappa shape index (κ1) is 23.2. The molecule has 0 bridgehead atoms. The number of Topliss-reactive ketones (excluding diaryl/α,β-unsaturated/α-hetero) is 1. The standard InChI is InChI=1S/C24H31ClN4O2/c1-6-7-10-31-22-13-17(12-21(25)27-22)11-19(30)9-8-18-14-20(15(2)3)24-23(26-18)16(4)28-29(24)5/h12-15H,6-11H2,1-5H3. The molecule has 0 aliphatic rings.